The van der Waals surface area contributed by atoms with E-state index in [1.54, 1.807) is 11.3 Å². The third-order valence-corrected chi connectivity index (χ3v) is 3.71. The average Bonchev–Trinajstić information content (AvgIpc) is 2.84. The van der Waals surface area contributed by atoms with Crippen LogP contribution in [0.3, 0.4) is 0 Å². The van der Waals surface area contributed by atoms with E-state index >= 15 is 0 Å². The van der Waals surface area contributed by atoms with Crippen LogP contribution in [0.25, 0.3) is 0 Å². The number of nitrogens with one attached hydrogen (secondary N) is 2. The Hall–Kier alpha value is -1.60. The summed E-state index contributed by atoms with van der Waals surface area (Å²) >= 11 is 1.65. The number of thiophene rings is 1. The topological polar surface area (TPSA) is 98.7 Å². The maximum absolute atomic E-state index is 11.4. The van der Waals surface area contributed by atoms with E-state index in [9.17, 15) is 9.59 Å². The second kappa shape index (κ2) is 7.75. The first-order valence-electron chi connectivity index (χ1n) is 6.03. The number of aliphatic hydroxyl groups is 1. The van der Waals surface area contributed by atoms with Crippen LogP contribution in [0.2, 0.25) is 0 Å². The van der Waals surface area contributed by atoms with Gasteiger partial charge in [-0.25, -0.2) is 9.59 Å². The number of amides is 2. The number of carbonyl (C=O) groups is 2. The SMILES string of the molecule is CCc1ccc(CNC(=O)NCCC(O)C(=O)O)s1. The molecule has 0 saturated heterocycles. The second-order valence-electron chi connectivity index (χ2n) is 3.97. The molecule has 0 fully saturated rings. The van der Waals surface area contributed by atoms with Crippen LogP contribution < -0.4 is 10.6 Å². The van der Waals surface area contributed by atoms with Crippen molar-refractivity contribution in [3.05, 3.63) is 21.9 Å². The fraction of sp³-hybridized carbons (Fsp3) is 0.500. The second-order valence-corrected chi connectivity index (χ2v) is 5.23. The van der Waals surface area contributed by atoms with Gasteiger partial charge in [-0.05, 0) is 18.6 Å². The molecule has 1 aromatic heterocycles. The van der Waals surface area contributed by atoms with Gasteiger partial charge in [0.05, 0.1) is 6.54 Å². The molecule has 0 aliphatic carbocycles. The van der Waals surface area contributed by atoms with Crippen molar-refractivity contribution in [3.63, 3.8) is 0 Å². The zero-order valence-electron chi connectivity index (χ0n) is 10.7. The van der Waals surface area contributed by atoms with Gasteiger partial charge in [0.25, 0.3) is 0 Å². The minimum absolute atomic E-state index is 0.0122. The quantitative estimate of drug-likeness (QED) is 0.599. The summed E-state index contributed by atoms with van der Waals surface area (Å²) in [5, 5.41) is 22.6. The van der Waals surface area contributed by atoms with Crippen LogP contribution in [-0.4, -0.2) is 34.9 Å². The zero-order valence-corrected chi connectivity index (χ0v) is 11.5. The van der Waals surface area contributed by atoms with Crippen molar-refractivity contribution in [2.75, 3.05) is 6.54 Å². The van der Waals surface area contributed by atoms with Crippen molar-refractivity contribution in [1.82, 2.24) is 10.6 Å². The van der Waals surface area contributed by atoms with Crippen molar-refractivity contribution < 1.29 is 19.8 Å². The number of urea groups is 1. The van der Waals surface area contributed by atoms with Crippen molar-refractivity contribution in [2.45, 2.75) is 32.4 Å². The van der Waals surface area contributed by atoms with Gasteiger partial charge in [0.2, 0.25) is 0 Å². The first kappa shape index (κ1) is 15.5. The highest BCUT2D eigenvalue weighted by Gasteiger charge is 2.12. The number of carboxylic acids is 1. The molecule has 0 aromatic carbocycles. The molecule has 1 aromatic rings. The molecule has 4 N–H and O–H groups in total. The average molecular weight is 286 g/mol. The van der Waals surface area contributed by atoms with Crippen molar-refractivity contribution >= 4 is 23.3 Å². The van der Waals surface area contributed by atoms with Crippen LogP contribution in [0.5, 0.6) is 0 Å². The number of aryl methyl sites for hydroxylation is 1. The smallest absolute Gasteiger partial charge is 0.332 e. The Kier molecular flexibility index (Phi) is 6.31. The maximum atomic E-state index is 11.4. The Morgan fingerprint density at radius 2 is 2.00 bits per heavy atom. The highest BCUT2D eigenvalue weighted by molar-refractivity contribution is 7.11. The van der Waals surface area contributed by atoms with Crippen molar-refractivity contribution in [1.29, 1.82) is 0 Å². The highest BCUT2D eigenvalue weighted by atomic mass is 32.1. The van der Waals surface area contributed by atoms with E-state index in [1.165, 1.54) is 4.88 Å². The van der Waals surface area contributed by atoms with E-state index < -0.39 is 12.1 Å². The van der Waals surface area contributed by atoms with Gasteiger partial charge in [-0.1, -0.05) is 6.92 Å². The molecule has 1 heterocycles. The maximum Gasteiger partial charge on any atom is 0.332 e. The first-order valence-corrected chi connectivity index (χ1v) is 6.84. The lowest BCUT2D eigenvalue weighted by Gasteiger charge is -2.08. The summed E-state index contributed by atoms with van der Waals surface area (Å²) in [7, 11) is 0. The van der Waals surface area contributed by atoms with Crippen LogP contribution >= 0.6 is 11.3 Å². The van der Waals surface area contributed by atoms with Gasteiger partial charge >= 0.3 is 12.0 Å². The van der Waals surface area contributed by atoms with Gasteiger partial charge in [-0.2, -0.15) is 0 Å². The number of aliphatic hydroxyl groups excluding tert-OH is 1. The summed E-state index contributed by atoms with van der Waals surface area (Å²) in [6.07, 6.45) is -0.476. The third-order valence-electron chi connectivity index (χ3n) is 2.48. The molecule has 0 saturated carbocycles. The molecule has 106 valence electrons. The summed E-state index contributed by atoms with van der Waals surface area (Å²) in [5.74, 6) is -1.28. The Morgan fingerprint density at radius 1 is 1.32 bits per heavy atom. The number of aliphatic carboxylic acids is 1. The van der Waals surface area contributed by atoms with Crippen LogP contribution in [0.15, 0.2) is 12.1 Å². The summed E-state index contributed by atoms with van der Waals surface area (Å²) in [6.45, 7) is 2.63. The normalized spacial score (nSPS) is 11.9. The predicted molar refractivity (Wildman–Crippen MR) is 72.2 cm³/mol. The van der Waals surface area contributed by atoms with Crippen LogP contribution in [0.1, 0.15) is 23.1 Å². The standard InChI is InChI=1S/C12H18N2O4S/c1-2-8-3-4-9(19-8)7-14-12(18)13-6-5-10(15)11(16)17/h3-4,10,15H,2,5-7H2,1H3,(H,16,17)(H2,13,14,18). The summed E-state index contributed by atoms with van der Waals surface area (Å²) in [5.41, 5.74) is 0. The molecule has 6 nitrogen and oxygen atoms in total. The molecular weight excluding hydrogens is 268 g/mol. The van der Waals surface area contributed by atoms with E-state index in [1.807, 2.05) is 12.1 Å². The number of hydrogen-bond acceptors (Lipinski definition) is 4. The van der Waals surface area contributed by atoms with Crippen molar-refractivity contribution in [2.24, 2.45) is 0 Å². The largest absolute Gasteiger partial charge is 0.479 e. The van der Waals surface area contributed by atoms with Crippen LogP contribution in [0, 0.1) is 0 Å². The van der Waals surface area contributed by atoms with E-state index in [0.29, 0.717) is 6.54 Å². The molecule has 2 amide bonds. The molecule has 1 atom stereocenters. The molecule has 1 rings (SSSR count). The van der Waals surface area contributed by atoms with Gasteiger partial charge in [0.1, 0.15) is 0 Å². The minimum atomic E-state index is -1.44. The molecule has 19 heavy (non-hydrogen) atoms. The van der Waals surface area contributed by atoms with Crippen LogP contribution in [0.4, 0.5) is 4.79 Å². The molecule has 0 bridgehead atoms. The number of carbonyl (C=O) groups excluding carboxylic acids is 1. The number of hydrogen-bond donors (Lipinski definition) is 4. The van der Waals surface area contributed by atoms with Gasteiger partial charge in [0.15, 0.2) is 6.10 Å². The Labute approximate surface area is 115 Å². The number of carboxylic acid groups (broad SMARTS) is 1. The predicted octanol–water partition coefficient (Wildman–Crippen LogP) is 0.945. The summed E-state index contributed by atoms with van der Waals surface area (Å²) in [4.78, 5) is 24.1. The molecular formula is C12H18N2O4S. The third kappa shape index (κ3) is 5.71. The summed E-state index contributed by atoms with van der Waals surface area (Å²) < 4.78 is 0. The lowest BCUT2D eigenvalue weighted by Crippen LogP contribution is -2.37. The lowest BCUT2D eigenvalue weighted by molar-refractivity contribution is -0.146. The van der Waals surface area contributed by atoms with E-state index in [4.69, 9.17) is 10.2 Å². The van der Waals surface area contributed by atoms with Gasteiger partial charge in [-0.15, -0.1) is 11.3 Å². The minimum Gasteiger partial charge on any atom is -0.479 e. The molecule has 1 unspecified atom stereocenters. The molecule has 0 aliphatic heterocycles. The monoisotopic (exact) mass is 286 g/mol. The fourth-order valence-electron chi connectivity index (χ4n) is 1.38. The van der Waals surface area contributed by atoms with E-state index in [-0.39, 0.29) is 19.0 Å². The van der Waals surface area contributed by atoms with Gasteiger partial charge in [0, 0.05) is 22.7 Å². The Balaban J connectivity index is 2.19. The Morgan fingerprint density at radius 3 is 2.58 bits per heavy atom. The zero-order chi connectivity index (χ0) is 14.3. The van der Waals surface area contributed by atoms with Gasteiger partial charge < -0.3 is 20.8 Å². The Bertz CT molecular complexity index is 433. The van der Waals surface area contributed by atoms with Crippen molar-refractivity contribution in [3.8, 4) is 0 Å². The van der Waals surface area contributed by atoms with Crippen LogP contribution in [-0.2, 0) is 17.8 Å². The fourth-order valence-corrected chi connectivity index (χ4v) is 2.28. The van der Waals surface area contributed by atoms with E-state index in [2.05, 4.69) is 17.6 Å². The molecule has 7 heteroatoms. The highest BCUT2D eigenvalue weighted by Crippen LogP contribution is 2.16. The van der Waals surface area contributed by atoms with Gasteiger partial charge in [-0.3, -0.25) is 0 Å². The molecule has 0 aliphatic rings. The number of rotatable bonds is 7. The molecule has 0 spiro atoms. The summed E-state index contributed by atoms with van der Waals surface area (Å²) in [6, 6.07) is 3.63. The first-order chi connectivity index (χ1) is 9.02. The lowest BCUT2D eigenvalue weighted by atomic mass is 10.2. The van der Waals surface area contributed by atoms with E-state index in [0.717, 1.165) is 11.3 Å². The molecule has 0 radical (unpaired) electrons.